The third-order valence-electron chi connectivity index (χ3n) is 3.59. The van der Waals surface area contributed by atoms with E-state index in [1.807, 2.05) is 38.2 Å². The van der Waals surface area contributed by atoms with E-state index in [1.165, 1.54) is 18.7 Å². The van der Waals surface area contributed by atoms with Gasteiger partial charge in [-0.1, -0.05) is 36.0 Å². The molecule has 1 atom stereocenters. The molecule has 6 nitrogen and oxygen atoms in total. The van der Waals surface area contributed by atoms with Crippen molar-refractivity contribution in [2.24, 2.45) is 7.05 Å². The van der Waals surface area contributed by atoms with Gasteiger partial charge in [0.05, 0.1) is 5.75 Å². The molecular weight excluding hydrogens is 324 g/mol. The molecule has 7 heteroatoms. The van der Waals surface area contributed by atoms with Gasteiger partial charge < -0.3 is 9.88 Å². The van der Waals surface area contributed by atoms with Crippen LogP contribution < -0.4 is 5.32 Å². The fraction of sp³-hybridized carbons (Fsp3) is 0.412. The molecule has 1 N–H and O–H groups in total. The van der Waals surface area contributed by atoms with Crippen molar-refractivity contribution in [1.29, 1.82) is 0 Å². The van der Waals surface area contributed by atoms with E-state index in [9.17, 15) is 9.59 Å². The maximum Gasteiger partial charge on any atom is 0.217 e. The number of ketones is 1. The van der Waals surface area contributed by atoms with E-state index in [-0.39, 0.29) is 17.7 Å². The Morgan fingerprint density at radius 1 is 1.29 bits per heavy atom. The Bertz CT molecular complexity index is 697. The molecule has 0 saturated heterocycles. The molecule has 0 aliphatic rings. The molecule has 0 radical (unpaired) electrons. The summed E-state index contributed by atoms with van der Waals surface area (Å²) in [5.74, 6) is 0.399. The number of hydrogen-bond acceptors (Lipinski definition) is 5. The van der Waals surface area contributed by atoms with Crippen LogP contribution in [0.3, 0.4) is 0 Å². The van der Waals surface area contributed by atoms with Crippen LogP contribution >= 0.6 is 11.8 Å². The van der Waals surface area contributed by atoms with E-state index in [0.717, 1.165) is 23.6 Å². The number of aromatic nitrogens is 3. The van der Waals surface area contributed by atoms with Crippen LogP contribution in [0.2, 0.25) is 0 Å². The standard InChI is InChI=1S/C17H22N4O2S/c1-12(19-13(2)22)4-5-14-6-8-15(9-7-14)16(23)10-24-17-20-18-11-21(17)3/h6-9,11-12H,4-5,10H2,1-3H3,(H,19,22)/t12-/m1/s1. The quantitative estimate of drug-likeness (QED) is 0.586. The number of rotatable bonds is 8. The van der Waals surface area contributed by atoms with Crippen LogP contribution in [0.15, 0.2) is 35.7 Å². The number of hydrogen-bond donors (Lipinski definition) is 1. The molecule has 0 aliphatic heterocycles. The van der Waals surface area contributed by atoms with Crippen molar-refractivity contribution in [3.8, 4) is 0 Å². The number of carbonyl (C=O) groups is 2. The SMILES string of the molecule is CC(=O)N[C@H](C)CCc1ccc(C(=O)CSc2nncn2C)cc1. The van der Waals surface area contributed by atoms with Crippen molar-refractivity contribution in [3.63, 3.8) is 0 Å². The summed E-state index contributed by atoms with van der Waals surface area (Å²) in [7, 11) is 1.85. The number of Topliss-reactive ketones (excluding diaryl/α,β-unsaturated/α-hetero) is 1. The fourth-order valence-electron chi connectivity index (χ4n) is 2.28. The zero-order chi connectivity index (χ0) is 17.5. The fourth-order valence-corrected chi connectivity index (χ4v) is 3.06. The van der Waals surface area contributed by atoms with Gasteiger partial charge in [-0.15, -0.1) is 10.2 Å². The van der Waals surface area contributed by atoms with E-state index in [2.05, 4.69) is 15.5 Å². The minimum atomic E-state index is -0.0103. The molecule has 0 bridgehead atoms. The summed E-state index contributed by atoms with van der Waals surface area (Å²) in [6, 6.07) is 7.81. The summed E-state index contributed by atoms with van der Waals surface area (Å²) in [5, 5.41) is 11.3. The van der Waals surface area contributed by atoms with Crippen LogP contribution in [0.1, 0.15) is 36.2 Å². The highest BCUT2D eigenvalue weighted by Crippen LogP contribution is 2.16. The van der Waals surface area contributed by atoms with Crippen LogP contribution in [-0.4, -0.2) is 38.2 Å². The topological polar surface area (TPSA) is 76.9 Å². The van der Waals surface area contributed by atoms with Gasteiger partial charge in [0.1, 0.15) is 6.33 Å². The second kappa shape index (κ2) is 8.63. The van der Waals surface area contributed by atoms with Crippen LogP contribution in [0.5, 0.6) is 0 Å². The van der Waals surface area contributed by atoms with E-state index in [4.69, 9.17) is 0 Å². The molecule has 1 heterocycles. The molecule has 1 amide bonds. The first-order valence-corrected chi connectivity index (χ1v) is 8.80. The van der Waals surface area contributed by atoms with Crippen molar-refractivity contribution in [2.45, 2.75) is 37.9 Å². The predicted octanol–water partition coefficient (Wildman–Crippen LogP) is 2.25. The summed E-state index contributed by atoms with van der Waals surface area (Å²) in [5.41, 5.74) is 1.85. The maximum atomic E-state index is 12.2. The van der Waals surface area contributed by atoms with E-state index in [0.29, 0.717) is 11.3 Å². The number of nitrogens with zero attached hydrogens (tertiary/aromatic N) is 3. The first kappa shape index (κ1) is 18.2. The number of benzene rings is 1. The Labute approximate surface area is 146 Å². The molecule has 1 aromatic carbocycles. The van der Waals surface area contributed by atoms with Gasteiger partial charge in [0, 0.05) is 25.6 Å². The number of carbonyl (C=O) groups excluding carboxylic acids is 2. The van der Waals surface area contributed by atoms with Crippen molar-refractivity contribution in [1.82, 2.24) is 20.1 Å². The zero-order valence-corrected chi connectivity index (χ0v) is 15.0. The van der Waals surface area contributed by atoms with Gasteiger partial charge in [-0.05, 0) is 25.3 Å². The minimum Gasteiger partial charge on any atom is -0.354 e. The van der Waals surface area contributed by atoms with E-state index in [1.54, 1.807) is 10.9 Å². The van der Waals surface area contributed by atoms with Crippen LogP contribution in [0.25, 0.3) is 0 Å². The lowest BCUT2D eigenvalue weighted by atomic mass is 10.0. The molecule has 0 unspecified atom stereocenters. The molecule has 128 valence electrons. The number of thioether (sulfide) groups is 1. The summed E-state index contributed by atoms with van der Waals surface area (Å²) in [6.07, 6.45) is 3.35. The third kappa shape index (κ3) is 5.49. The second-order valence-corrected chi connectivity index (χ2v) is 6.72. The predicted molar refractivity (Wildman–Crippen MR) is 94.1 cm³/mol. The van der Waals surface area contributed by atoms with Crippen LogP contribution in [0.4, 0.5) is 0 Å². The summed E-state index contributed by atoms with van der Waals surface area (Å²) < 4.78 is 1.79. The highest BCUT2D eigenvalue weighted by atomic mass is 32.2. The Morgan fingerprint density at radius 3 is 2.58 bits per heavy atom. The lowest BCUT2D eigenvalue weighted by Gasteiger charge is -2.12. The van der Waals surface area contributed by atoms with Gasteiger partial charge in [-0.3, -0.25) is 9.59 Å². The van der Waals surface area contributed by atoms with Crippen LogP contribution in [-0.2, 0) is 18.3 Å². The van der Waals surface area contributed by atoms with Crippen molar-refractivity contribution >= 4 is 23.5 Å². The molecular formula is C17H22N4O2S. The highest BCUT2D eigenvalue weighted by molar-refractivity contribution is 7.99. The van der Waals surface area contributed by atoms with Gasteiger partial charge in [-0.25, -0.2) is 0 Å². The third-order valence-corrected chi connectivity index (χ3v) is 4.63. The highest BCUT2D eigenvalue weighted by Gasteiger charge is 2.10. The van der Waals surface area contributed by atoms with Crippen molar-refractivity contribution in [2.75, 3.05) is 5.75 Å². The van der Waals surface area contributed by atoms with Crippen molar-refractivity contribution < 1.29 is 9.59 Å². The van der Waals surface area contributed by atoms with Gasteiger partial charge in [-0.2, -0.15) is 0 Å². The van der Waals surface area contributed by atoms with Gasteiger partial charge in [0.25, 0.3) is 0 Å². The first-order chi connectivity index (χ1) is 11.5. The molecule has 2 rings (SSSR count). The summed E-state index contributed by atoms with van der Waals surface area (Å²) in [6.45, 7) is 3.51. The molecule has 1 aromatic heterocycles. The van der Waals surface area contributed by atoms with Gasteiger partial charge >= 0.3 is 0 Å². The van der Waals surface area contributed by atoms with E-state index >= 15 is 0 Å². The first-order valence-electron chi connectivity index (χ1n) is 7.81. The van der Waals surface area contributed by atoms with Gasteiger partial charge in [0.15, 0.2) is 10.9 Å². The van der Waals surface area contributed by atoms with Crippen LogP contribution in [0, 0.1) is 0 Å². The molecule has 0 spiro atoms. The molecule has 0 saturated carbocycles. The normalized spacial score (nSPS) is 12.0. The Hall–Kier alpha value is -2.15. The summed E-state index contributed by atoms with van der Waals surface area (Å²) in [4.78, 5) is 23.2. The summed E-state index contributed by atoms with van der Waals surface area (Å²) >= 11 is 1.38. The molecule has 24 heavy (non-hydrogen) atoms. The lowest BCUT2D eigenvalue weighted by molar-refractivity contribution is -0.119. The monoisotopic (exact) mass is 346 g/mol. The molecule has 0 fully saturated rings. The number of amides is 1. The van der Waals surface area contributed by atoms with E-state index < -0.39 is 0 Å². The second-order valence-electron chi connectivity index (χ2n) is 5.77. The molecule has 0 aliphatic carbocycles. The van der Waals surface area contributed by atoms with Gasteiger partial charge in [0.2, 0.25) is 5.91 Å². The Balaban J connectivity index is 1.83. The Kier molecular flexibility index (Phi) is 6.54. The Morgan fingerprint density at radius 2 is 2.00 bits per heavy atom. The minimum absolute atomic E-state index is 0.0103. The molecule has 2 aromatic rings. The number of nitrogens with one attached hydrogen (secondary N) is 1. The number of aryl methyl sites for hydroxylation is 2. The largest absolute Gasteiger partial charge is 0.354 e. The lowest BCUT2D eigenvalue weighted by Crippen LogP contribution is -2.30. The smallest absolute Gasteiger partial charge is 0.217 e. The zero-order valence-electron chi connectivity index (χ0n) is 14.2. The van der Waals surface area contributed by atoms with Crippen molar-refractivity contribution in [3.05, 3.63) is 41.7 Å². The average molecular weight is 346 g/mol. The average Bonchev–Trinajstić information content (AvgIpc) is 2.95. The maximum absolute atomic E-state index is 12.2.